The Labute approximate surface area is 155 Å². The van der Waals surface area contributed by atoms with Gasteiger partial charge in [-0.3, -0.25) is 9.59 Å². The Morgan fingerprint density at radius 3 is 2.50 bits per heavy atom. The fourth-order valence-corrected chi connectivity index (χ4v) is 3.24. The van der Waals surface area contributed by atoms with Gasteiger partial charge in [-0.25, -0.2) is 4.68 Å². The van der Waals surface area contributed by atoms with E-state index < -0.39 is 6.04 Å². The molecule has 0 spiro atoms. The van der Waals surface area contributed by atoms with Crippen molar-refractivity contribution in [3.05, 3.63) is 64.1 Å². The van der Waals surface area contributed by atoms with Crippen molar-refractivity contribution in [3.63, 3.8) is 0 Å². The molecule has 0 saturated heterocycles. The van der Waals surface area contributed by atoms with Crippen LogP contribution >= 0.6 is 11.3 Å². The molecule has 0 radical (unpaired) electrons. The molecule has 2 amide bonds. The molecule has 1 aromatic carbocycles. The van der Waals surface area contributed by atoms with Crippen LogP contribution in [-0.2, 0) is 4.79 Å². The number of nitrogens with one attached hydrogen (secondary N) is 2. The summed E-state index contributed by atoms with van der Waals surface area (Å²) >= 11 is 1.34. The van der Waals surface area contributed by atoms with E-state index in [1.54, 1.807) is 23.7 Å². The lowest BCUT2D eigenvalue weighted by Crippen LogP contribution is -2.41. The molecule has 6 nitrogen and oxygen atoms in total. The van der Waals surface area contributed by atoms with Gasteiger partial charge in [-0.05, 0) is 44.4 Å². The zero-order valence-electron chi connectivity index (χ0n) is 14.8. The third kappa shape index (κ3) is 3.67. The molecule has 2 heterocycles. The molecular formula is C19H20N4O2S. The highest BCUT2D eigenvalue weighted by Crippen LogP contribution is 2.23. The first-order chi connectivity index (χ1) is 12.5. The number of thiophene rings is 1. The Balaban J connectivity index is 1.73. The number of carbonyl (C=O) groups is 2. The molecule has 0 fully saturated rings. The van der Waals surface area contributed by atoms with Gasteiger partial charge in [-0.2, -0.15) is 5.10 Å². The number of para-hydroxylation sites is 1. The van der Waals surface area contributed by atoms with Gasteiger partial charge < -0.3 is 10.6 Å². The van der Waals surface area contributed by atoms with Crippen LogP contribution in [0.3, 0.4) is 0 Å². The van der Waals surface area contributed by atoms with Gasteiger partial charge in [-0.1, -0.05) is 24.3 Å². The minimum Gasteiger partial charge on any atom is -0.340 e. The average molecular weight is 368 g/mol. The van der Waals surface area contributed by atoms with Gasteiger partial charge in [0.25, 0.3) is 5.91 Å². The minimum absolute atomic E-state index is 0.254. The van der Waals surface area contributed by atoms with E-state index in [1.807, 2.05) is 49.6 Å². The maximum atomic E-state index is 12.5. The number of aryl methyl sites for hydroxylation is 1. The van der Waals surface area contributed by atoms with E-state index in [4.69, 9.17) is 0 Å². The fourth-order valence-electron chi connectivity index (χ4n) is 2.62. The summed E-state index contributed by atoms with van der Waals surface area (Å²) in [6, 6.07) is 12.6. The molecule has 0 saturated carbocycles. The number of aromatic nitrogens is 2. The lowest BCUT2D eigenvalue weighted by molar-refractivity contribution is -0.117. The zero-order chi connectivity index (χ0) is 18.7. The molecule has 2 aromatic heterocycles. The maximum Gasteiger partial charge on any atom is 0.261 e. The van der Waals surface area contributed by atoms with Crippen LogP contribution in [0, 0.1) is 13.8 Å². The summed E-state index contributed by atoms with van der Waals surface area (Å²) in [5, 5.41) is 11.9. The number of carbonyl (C=O) groups excluding carboxylic acids is 2. The van der Waals surface area contributed by atoms with Crippen LogP contribution in [0.4, 0.5) is 5.69 Å². The number of benzene rings is 1. The minimum atomic E-state index is -0.663. The van der Waals surface area contributed by atoms with E-state index in [0.717, 1.165) is 17.1 Å². The molecule has 0 aliphatic heterocycles. The number of nitrogens with zero attached hydrogens (tertiary/aromatic N) is 2. The SMILES string of the molecule is Cc1nn(-c2ccccc2)c(C)c1NC(=O)C(C)NC(=O)c1cccs1. The molecule has 0 aliphatic carbocycles. The van der Waals surface area contributed by atoms with Crippen molar-refractivity contribution in [2.24, 2.45) is 0 Å². The van der Waals surface area contributed by atoms with Crippen LogP contribution in [0.15, 0.2) is 47.8 Å². The second-order valence-electron chi connectivity index (χ2n) is 5.95. The predicted octanol–water partition coefficient (Wildman–Crippen LogP) is 3.31. The van der Waals surface area contributed by atoms with Gasteiger partial charge in [0.2, 0.25) is 5.91 Å². The van der Waals surface area contributed by atoms with Crippen molar-refractivity contribution in [3.8, 4) is 5.69 Å². The summed E-state index contributed by atoms with van der Waals surface area (Å²) in [5.41, 5.74) is 3.14. The van der Waals surface area contributed by atoms with E-state index in [1.165, 1.54) is 11.3 Å². The summed E-state index contributed by atoms with van der Waals surface area (Å²) in [6.07, 6.45) is 0. The topological polar surface area (TPSA) is 76.0 Å². The van der Waals surface area contributed by atoms with Crippen LogP contribution in [-0.4, -0.2) is 27.6 Å². The van der Waals surface area contributed by atoms with Crippen LogP contribution < -0.4 is 10.6 Å². The Hall–Kier alpha value is -2.93. The van der Waals surface area contributed by atoms with Gasteiger partial charge in [0, 0.05) is 0 Å². The van der Waals surface area contributed by atoms with Crippen molar-refractivity contribution in [1.82, 2.24) is 15.1 Å². The third-order valence-corrected chi connectivity index (χ3v) is 4.89. The summed E-state index contributed by atoms with van der Waals surface area (Å²) in [7, 11) is 0. The van der Waals surface area contributed by atoms with Gasteiger partial charge in [0.05, 0.1) is 27.6 Å². The summed E-state index contributed by atoms with van der Waals surface area (Å²) in [6.45, 7) is 5.40. The van der Waals surface area contributed by atoms with Crippen molar-refractivity contribution < 1.29 is 9.59 Å². The average Bonchev–Trinajstić information content (AvgIpc) is 3.26. The first kappa shape index (κ1) is 17.9. The molecule has 3 rings (SSSR count). The summed E-state index contributed by atoms with van der Waals surface area (Å²) in [5.74, 6) is -0.537. The largest absolute Gasteiger partial charge is 0.340 e. The summed E-state index contributed by atoms with van der Waals surface area (Å²) in [4.78, 5) is 25.2. The van der Waals surface area contributed by atoms with Crippen molar-refractivity contribution in [1.29, 1.82) is 0 Å². The van der Waals surface area contributed by atoms with E-state index in [9.17, 15) is 9.59 Å². The Kier molecular flexibility index (Phi) is 5.18. The van der Waals surface area contributed by atoms with Crippen molar-refractivity contribution >= 4 is 28.8 Å². The Morgan fingerprint density at radius 1 is 1.12 bits per heavy atom. The number of anilines is 1. The molecule has 0 aliphatic rings. The molecule has 7 heteroatoms. The number of hydrogen-bond donors (Lipinski definition) is 2. The smallest absolute Gasteiger partial charge is 0.261 e. The molecule has 1 unspecified atom stereocenters. The normalized spacial score (nSPS) is 11.8. The molecule has 134 valence electrons. The van der Waals surface area contributed by atoms with Gasteiger partial charge in [0.1, 0.15) is 6.04 Å². The van der Waals surface area contributed by atoms with E-state index in [2.05, 4.69) is 15.7 Å². The second-order valence-corrected chi connectivity index (χ2v) is 6.90. The molecule has 1 atom stereocenters. The van der Waals surface area contributed by atoms with Crippen molar-refractivity contribution in [2.45, 2.75) is 26.8 Å². The summed E-state index contributed by atoms with van der Waals surface area (Å²) < 4.78 is 1.79. The van der Waals surface area contributed by atoms with Gasteiger partial charge in [-0.15, -0.1) is 11.3 Å². The van der Waals surface area contributed by atoms with Crippen molar-refractivity contribution in [2.75, 3.05) is 5.32 Å². The molecule has 3 aromatic rings. The number of hydrogen-bond acceptors (Lipinski definition) is 4. The lowest BCUT2D eigenvalue weighted by atomic mass is 10.2. The highest BCUT2D eigenvalue weighted by Gasteiger charge is 2.21. The first-order valence-electron chi connectivity index (χ1n) is 8.24. The second kappa shape index (κ2) is 7.53. The molecule has 0 bridgehead atoms. The van der Waals surface area contributed by atoms with Crippen LogP contribution in [0.1, 0.15) is 28.0 Å². The Morgan fingerprint density at radius 2 is 1.85 bits per heavy atom. The molecule has 2 N–H and O–H groups in total. The number of amides is 2. The van der Waals surface area contributed by atoms with Gasteiger partial charge >= 0.3 is 0 Å². The lowest BCUT2D eigenvalue weighted by Gasteiger charge is -2.14. The highest BCUT2D eigenvalue weighted by atomic mass is 32.1. The van der Waals surface area contributed by atoms with Crippen LogP contribution in [0.2, 0.25) is 0 Å². The van der Waals surface area contributed by atoms with Crippen LogP contribution in [0.25, 0.3) is 5.69 Å². The Bertz CT molecular complexity index is 917. The van der Waals surface area contributed by atoms with Crippen LogP contribution in [0.5, 0.6) is 0 Å². The van der Waals surface area contributed by atoms with Gasteiger partial charge in [0.15, 0.2) is 0 Å². The van der Waals surface area contributed by atoms with E-state index >= 15 is 0 Å². The fraction of sp³-hybridized carbons (Fsp3) is 0.211. The predicted molar refractivity (Wildman–Crippen MR) is 103 cm³/mol. The molecular weight excluding hydrogens is 348 g/mol. The van der Waals surface area contributed by atoms with E-state index in [-0.39, 0.29) is 11.8 Å². The highest BCUT2D eigenvalue weighted by molar-refractivity contribution is 7.12. The first-order valence-corrected chi connectivity index (χ1v) is 9.12. The third-order valence-electron chi connectivity index (χ3n) is 4.03. The standard InChI is InChI=1S/C19H20N4O2S/c1-12-17(14(3)23(22-12)15-8-5-4-6-9-15)21-18(24)13(2)20-19(25)16-10-7-11-26-16/h4-11,13H,1-3H3,(H,20,25)(H,21,24). The molecule has 26 heavy (non-hydrogen) atoms. The number of rotatable bonds is 5. The zero-order valence-corrected chi connectivity index (χ0v) is 15.6. The quantitative estimate of drug-likeness (QED) is 0.725. The van der Waals surface area contributed by atoms with E-state index in [0.29, 0.717) is 10.6 Å². The monoisotopic (exact) mass is 368 g/mol. The maximum absolute atomic E-state index is 12.5.